The maximum Gasteiger partial charge on any atom is 0.338 e. The van der Waals surface area contributed by atoms with Gasteiger partial charge in [-0.05, 0) is 36.9 Å². The molecule has 0 fully saturated rings. The molecule has 2 aromatic carbocycles. The predicted octanol–water partition coefficient (Wildman–Crippen LogP) is 3.79. The summed E-state index contributed by atoms with van der Waals surface area (Å²) < 4.78 is 16.5. The van der Waals surface area contributed by atoms with Crippen LogP contribution in [-0.2, 0) is 9.53 Å². The van der Waals surface area contributed by atoms with Crippen LogP contribution in [0.5, 0.6) is 11.5 Å². The van der Waals surface area contributed by atoms with E-state index < -0.39 is 12.0 Å². The van der Waals surface area contributed by atoms with Crippen molar-refractivity contribution < 1.29 is 19.0 Å². The van der Waals surface area contributed by atoms with Crippen LogP contribution in [0.3, 0.4) is 0 Å². The number of carbonyl (C=O) groups excluding carboxylic acids is 1. The van der Waals surface area contributed by atoms with Gasteiger partial charge in [-0.1, -0.05) is 30.3 Å². The molecule has 0 spiro atoms. The van der Waals surface area contributed by atoms with Crippen molar-refractivity contribution in [1.82, 2.24) is 4.90 Å². The van der Waals surface area contributed by atoms with Crippen LogP contribution >= 0.6 is 11.8 Å². The zero-order valence-electron chi connectivity index (χ0n) is 18.4. The Hall–Kier alpha value is -3.90. The Labute approximate surface area is 195 Å². The van der Waals surface area contributed by atoms with Gasteiger partial charge in [-0.25, -0.2) is 9.79 Å². The minimum Gasteiger partial charge on any atom is -0.497 e. The van der Waals surface area contributed by atoms with Gasteiger partial charge in [0.1, 0.15) is 34.3 Å². The van der Waals surface area contributed by atoms with E-state index in [0.29, 0.717) is 38.4 Å². The van der Waals surface area contributed by atoms with Crippen LogP contribution < -0.4 is 15.2 Å². The van der Waals surface area contributed by atoms with E-state index in [2.05, 4.69) is 6.07 Å². The van der Waals surface area contributed by atoms with Crippen LogP contribution in [0.1, 0.15) is 24.1 Å². The topological polar surface area (TPSA) is 110 Å². The summed E-state index contributed by atoms with van der Waals surface area (Å²) in [5.74, 6) is 0.788. The number of thioether (sulfide) groups is 1. The van der Waals surface area contributed by atoms with E-state index in [4.69, 9.17) is 24.9 Å². The van der Waals surface area contributed by atoms with Gasteiger partial charge in [0.15, 0.2) is 5.17 Å². The number of esters is 1. The van der Waals surface area contributed by atoms with Crippen molar-refractivity contribution in [3.05, 3.63) is 76.0 Å². The second kappa shape index (κ2) is 9.30. The molecule has 2 aliphatic heterocycles. The molecule has 0 saturated carbocycles. The third kappa shape index (κ3) is 3.90. The van der Waals surface area contributed by atoms with Crippen molar-refractivity contribution >= 4 is 28.6 Å². The zero-order valence-corrected chi connectivity index (χ0v) is 19.2. The second-order valence-corrected chi connectivity index (χ2v) is 8.03. The molecule has 2 aliphatic rings. The highest BCUT2D eigenvalue weighted by molar-refractivity contribution is 8.17. The minimum absolute atomic E-state index is 0.187. The van der Waals surface area contributed by atoms with Gasteiger partial charge >= 0.3 is 5.97 Å². The van der Waals surface area contributed by atoms with E-state index in [1.165, 1.54) is 0 Å². The van der Waals surface area contributed by atoms with Gasteiger partial charge in [0.2, 0.25) is 0 Å². The van der Waals surface area contributed by atoms with Crippen LogP contribution in [0.25, 0.3) is 5.70 Å². The average Bonchev–Trinajstić information content (AvgIpc) is 3.18. The summed E-state index contributed by atoms with van der Waals surface area (Å²) in [5, 5.41) is 10.1. The number of aliphatic imine (C=N–C) groups is 1. The number of nitriles is 1. The number of allylic oxidation sites excluding steroid dienone is 1. The lowest BCUT2D eigenvalue weighted by molar-refractivity contribution is -0.139. The Kier molecular flexibility index (Phi) is 6.29. The molecular weight excluding hydrogens is 440 g/mol. The first-order chi connectivity index (χ1) is 16.0. The molecule has 0 unspecified atom stereocenters. The number of hydrogen-bond donors (Lipinski definition) is 1. The van der Waals surface area contributed by atoms with Crippen molar-refractivity contribution in [3.8, 4) is 17.6 Å². The number of methoxy groups -OCH3 is 2. The minimum atomic E-state index is -0.754. The molecule has 33 heavy (non-hydrogen) atoms. The van der Waals surface area contributed by atoms with Gasteiger partial charge < -0.3 is 19.9 Å². The van der Waals surface area contributed by atoms with E-state index in [-0.39, 0.29) is 12.4 Å². The quantitative estimate of drug-likeness (QED) is 0.646. The monoisotopic (exact) mass is 462 g/mol. The number of hydrogen-bond acceptors (Lipinski definition) is 9. The smallest absolute Gasteiger partial charge is 0.338 e. The molecule has 0 radical (unpaired) electrons. The molecule has 4 rings (SSSR count). The van der Waals surface area contributed by atoms with Crippen LogP contribution in [0.4, 0.5) is 0 Å². The van der Waals surface area contributed by atoms with E-state index in [0.717, 1.165) is 17.3 Å². The zero-order chi connectivity index (χ0) is 23.5. The Morgan fingerprint density at radius 2 is 1.97 bits per heavy atom. The lowest BCUT2D eigenvalue weighted by Crippen LogP contribution is -2.39. The highest BCUT2D eigenvalue weighted by Gasteiger charge is 2.45. The lowest BCUT2D eigenvalue weighted by Gasteiger charge is -2.36. The molecule has 1 atom stereocenters. The molecule has 0 aliphatic carbocycles. The Bertz CT molecular complexity index is 1230. The number of rotatable bonds is 6. The Balaban J connectivity index is 2.06. The summed E-state index contributed by atoms with van der Waals surface area (Å²) in [7, 11) is 3.11. The van der Waals surface area contributed by atoms with E-state index in [1.54, 1.807) is 44.2 Å². The van der Waals surface area contributed by atoms with Crippen molar-refractivity contribution in [2.75, 3.05) is 20.8 Å². The van der Waals surface area contributed by atoms with Crippen LogP contribution in [0.15, 0.2) is 69.8 Å². The largest absolute Gasteiger partial charge is 0.497 e. The molecule has 0 bridgehead atoms. The summed E-state index contributed by atoms with van der Waals surface area (Å²) in [6.07, 6.45) is 0. The molecule has 168 valence electrons. The Morgan fingerprint density at radius 1 is 1.21 bits per heavy atom. The number of nitrogens with two attached hydrogens (primary N) is 1. The van der Waals surface area contributed by atoms with Crippen molar-refractivity contribution in [3.63, 3.8) is 0 Å². The fourth-order valence-electron chi connectivity index (χ4n) is 3.81. The first-order valence-corrected chi connectivity index (χ1v) is 11.0. The van der Waals surface area contributed by atoms with E-state index in [1.807, 2.05) is 30.3 Å². The number of ether oxygens (including phenoxy) is 3. The van der Waals surface area contributed by atoms with Gasteiger partial charge in [-0.2, -0.15) is 5.26 Å². The molecule has 8 nitrogen and oxygen atoms in total. The van der Waals surface area contributed by atoms with Crippen LogP contribution in [0, 0.1) is 11.3 Å². The van der Waals surface area contributed by atoms with Gasteiger partial charge in [0.25, 0.3) is 0 Å². The fraction of sp³-hybridized carbons (Fsp3) is 0.208. The molecule has 0 saturated heterocycles. The first-order valence-electron chi connectivity index (χ1n) is 10.2. The standard InChI is InChI=1S/C24H22N4O4S/c1-4-32-23(29)19-20(14-8-6-5-7-9-14)27-24-28(22(26)18(13-25)33-24)21(19)16-12-15(30-2)10-11-17(16)31-3/h5-12,21H,4,26H2,1-3H3/t21-/m0/s1. The fourth-order valence-corrected chi connectivity index (χ4v) is 4.68. The maximum absolute atomic E-state index is 13.4. The average molecular weight is 463 g/mol. The highest BCUT2D eigenvalue weighted by Crippen LogP contribution is 2.49. The van der Waals surface area contributed by atoms with Gasteiger partial charge in [-0.15, -0.1) is 0 Å². The molecule has 0 amide bonds. The molecular formula is C24H22N4O4S. The van der Waals surface area contributed by atoms with Gasteiger partial charge in [-0.3, -0.25) is 4.90 Å². The normalized spacial score (nSPS) is 17.3. The summed E-state index contributed by atoms with van der Waals surface area (Å²) in [5.41, 5.74) is 8.50. The van der Waals surface area contributed by atoms with Crippen LogP contribution in [0.2, 0.25) is 0 Å². The van der Waals surface area contributed by atoms with Crippen LogP contribution in [-0.4, -0.2) is 36.9 Å². The van der Waals surface area contributed by atoms with Crippen molar-refractivity contribution in [2.45, 2.75) is 13.0 Å². The van der Waals surface area contributed by atoms with Gasteiger partial charge in [0.05, 0.1) is 32.1 Å². The number of nitrogens with zero attached hydrogens (tertiary/aromatic N) is 3. The van der Waals surface area contributed by atoms with Gasteiger partial charge in [0, 0.05) is 11.1 Å². The summed E-state index contributed by atoms with van der Waals surface area (Å²) in [6, 6.07) is 16.1. The third-order valence-electron chi connectivity index (χ3n) is 5.26. The second-order valence-electron chi connectivity index (χ2n) is 7.05. The number of benzene rings is 2. The SMILES string of the molecule is CCOC(=O)C1=C(c2ccccc2)N=C2SC(C#N)=C(N)N2[C@H]1c1cc(OC)ccc1OC. The summed E-state index contributed by atoms with van der Waals surface area (Å²) in [6.45, 7) is 1.93. The number of fused-ring (bicyclic) bond motifs is 1. The molecule has 2 aromatic rings. The summed E-state index contributed by atoms with van der Waals surface area (Å²) in [4.78, 5) is 20.1. The number of amidine groups is 1. The van der Waals surface area contributed by atoms with E-state index in [9.17, 15) is 10.1 Å². The van der Waals surface area contributed by atoms with Crippen molar-refractivity contribution in [2.24, 2.45) is 10.7 Å². The molecule has 2 heterocycles. The van der Waals surface area contributed by atoms with E-state index >= 15 is 0 Å². The first kappa shape index (κ1) is 22.3. The maximum atomic E-state index is 13.4. The molecule has 0 aromatic heterocycles. The lowest BCUT2D eigenvalue weighted by atomic mass is 9.91. The third-order valence-corrected chi connectivity index (χ3v) is 6.24. The molecule has 2 N–H and O–H groups in total. The highest BCUT2D eigenvalue weighted by atomic mass is 32.2. The molecule has 9 heteroatoms. The summed E-state index contributed by atoms with van der Waals surface area (Å²) >= 11 is 1.16. The Morgan fingerprint density at radius 3 is 2.61 bits per heavy atom. The number of carbonyl (C=O) groups is 1. The van der Waals surface area contributed by atoms with Crippen molar-refractivity contribution in [1.29, 1.82) is 5.26 Å². The predicted molar refractivity (Wildman–Crippen MR) is 126 cm³/mol.